The molecule has 0 spiro atoms. The van der Waals surface area contributed by atoms with E-state index in [1.54, 1.807) is 19.1 Å². The van der Waals surface area contributed by atoms with Crippen molar-refractivity contribution in [3.63, 3.8) is 0 Å². The number of hydrogen-bond acceptors (Lipinski definition) is 6. The lowest BCUT2D eigenvalue weighted by Gasteiger charge is -2.21. The van der Waals surface area contributed by atoms with Crippen molar-refractivity contribution in [3.8, 4) is 17.2 Å². The van der Waals surface area contributed by atoms with Crippen LogP contribution in [0.25, 0.3) is 22.4 Å². The summed E-state index contributed by atoms with van der Waals surface area (Å²) in [5, 5.41) is 2.84. The minimum Gasteiger partial charge on any atom is -0.494 e. The molecule has 194 valence electrons. The van der Waals surface area contributed by atoms with Gasteiger partial charge in [0.2, 0.25) is 18.2 Å². The molecule has 7 nitrogen and oxygen atoms in total. The summed E-state index contributed by atoms with van der Waals surface area (Å²) in [4.78, 5) is 18.3. The van der Waals surface area contributed by atoms with Crippen LogP contribution in [-0.4, -0.2) is 42.0 Å². The summed E-state index contributed by atoms with van der Waals surface area (Å²) < 4.78 is 49.5. The third-order valence-corrected chi connectivity index (χ3v) is 4.91. The molecular weight excluding hydrogens is 461 g/mol. The summed E-state index contributed by atoms with van der Waals surface area (Å²) in [5.41, 5.74) is 6.96. The van der Waals surface area contributed by atoms with E-state index < -0.39 is 17.9 Å². The highest BCUT2D eigenvalue weighted by Crippen LogP contribution is 2.33. The maximum absolute atomic E-state index is 13.4. The Bertz CT molecular complexity index is 1070. The molecule has 0 aliphatic rings. The van der Waals surface area contributed by atoms with Gasteiger partial charge in [-0.1, -0.05) is 27.2 Å². The molecule has 1 amide bonds. The minimum atomic E-state index is -2.82. The van der Waals surface area contributed by atoms with Crippen molar-refractivity contribution in [1.29, 1.82) is 0 Å². The molecule has 3 aromatic rings. The summed E-state index contributed by atoms with van der Waals surface area (Å²) in [6, 6.07) is 5.56. The maximum atomic E-state index is 13.4. The van der Waals surface area contributed by atoms with E-state index in [0.717, 1.165) is 42.3 Å². The number of nitrogens with one attached hydrogen (secondary N) is 1. The normalized spacial score (nSPS) is 11.6. The minimum absolute atomic E-state index is 0.308. The van der Waals surface area contributed by atoms with Crippen LogP contribution in [0.5, 0.6) is 5.75 Å². The first-order chi connectivity index (χ1) is 16.6. The summed E-state index contributed by atoms with van der Waals surface area (Å²) in [6.45, 7) is 9.19. The first kappa shape index (κ1) is 29.9. The lowest BCUT2D eigenvalue weighted by molar-refractivity contribution is -0.113. The Morgan fingerprint density at radius 1 is 1.20 bits per heavy atom. The van der Waals surface area contributed by atoms with Crippen molar-refractivity contribution < 1.29 is 27.1 Å². The quantitative estimate of drug-likeness (QED) is 0.318. The Morgan fingerprint density at radius 3 is 2.34 bits per heavy atom. The molecule has 10 heteroatoms. The Kier molecular flexibility index (Phi) is 12.2. The van der Waals surface area contributed by atoms with E-state index in [0.29, 0.717) is 36.4 Å². The molecule has 0 bridgehead atoms. The molecule has 0 aliphatic carbocycles. The predicted octanol–water partition coefficient (Wildman–Crippen LogP) is 5.43. The largest absolute Gasteiger partial charge is 0.494 e. The van der Waals surface area contributed by atoms with Crippen LogP contribution >= 0.6 is 0 Å². The topological polar surface area (TPSA) is 103 Å². The van der Waals surface area contributed by atoms with Gasteiger partial charge in [-0.2, -0.15) is 4.39 Å². The lowest BCUT2D eigenvalue weighted by atomic mass is 10.1. The number of oxazole rings is 1. The second-order valence-corrected chi connectivity index (χ2v) is 7.72. The molecule has 1 atom stereocenters. The average Bonchev–Trinajstić information content (AvgIpc) is 3.18. The molecule has 3 N–H and O–H groups in total. The fraction of sp³-hybridized carbons (Fsp3) is 0.480. The van der Waals surface area contributed by atoms with Gasteiger partial charge in [0.05, 0.1) is 18.8 Å². The number of benzene rings is 1. The maximum Gasteiger partial charge on any atom is 0.265 e. The van der Waals surface area contributed by atoms with Crippen LogP contribution in [0.2, 0.25) is 0 Å². The third-order valence-electron chi connectivity index (χ3n) is 4.91. The Hall–Kier alpha value is -3.14. The van der Waals surface area contributed by atoms with Gasteiger partial charge in [0, 0.05) is 24.3 Å². The van der Waals surface area contributed by atoms with Gasteiger partial charge in [-0.3, -0.25) is 4.79 Å². The zero-order valence-corrected chi connectivity index (χ0v) is 21.1. The van der Waals surface area contributed by atoms with E-state index in [-0.39, 0.29) is 0 Å². The van der Waals surface area contributed by atoms with Crippen LogP contribution in [0, 0.1) is 12.9 Å². The summed E-state index contributed by atoms with van der Waals surface area (Å²) in [6.07, 6.45) is 2.04. The molecule has 2 heterocycles. The van der Waals surface area contributed by atoms with Crippen molar-refractivity contribution in [2.45, 2.75) is 65.8 Å². The van der Waals surface area contributed by atoms with Crippen molar-refractivity contribution in [2.24, 2.45) is 5.73 Å². The van der Waals surface area contributed by atoms with E-state index >= 15 is 0 Å². The first-order valence-corrected chi connectivity index (χ1v) is 11.4. The summed E-state index contributed by atoms with van der Waals surface area (Å²) >= 11 is 0. The van der Waals surface area contributed by atoms with Crippen LogP contribution in [0.3, 0.4) is 0 Å². The van der Waals surface area contributed by atoms with Crippen LogP contribution < -0.4 is 15.8 Å². The molecule has 2 aromatic heterocycles. The second-order valence-electron chi connectivity index (χ2n) is 7.72. The number of halogens is 3. The number of fused-ring (bicyclic) bond motifs is 1. The Balaban J connectivity index is 0.000000371. The van der Waals surface area contributed by atoms with Crippen molar-refractivity contribution in [2.75, 3.05) is 13.7 Å². The van der Waals surface area contributed by atoms with Gasteiger partial charge >= 0.3 is 0 Å². The number of aromatic nitrogens is 2. The molecule has 0 saturated carbocycles. The summed E-state index contributed by atoms with van der Waals surface area (Å²) in [5.74, 6) is -1.48. The number of hydrogen-bond donors (Lipinski definition) is 2. The van der Waals surface area contributed by atoms with Gasteiger partial charge in [-0.05, 0) is 44.2 Å². The molecule has 0 radical (unpaired) electrons. The van der Waals surface area contributed by atoms with Crippen LogP contribution in [0.15, 0.2) is 28.7 Å². The number of pyridine rings is 1. The number of ether oxygens (including phenoxy) is 1. The zero-order valence-electron chi connectivity index (χ0n) is 21.1. The predicted molar refractivity (Wildman–Crippen MR) is 131 cm³/mol. The number of alkyl halides is 2. The van der Waals surface area contributed by atoms with Crippen molar-refractivity contribution >= 4 is 17.3 Å². The zero-order chi connectivity index (χ0) is 26.6. The molecular formula is C25H35F3N4O3. The molecule has 1 unspecified atom stereocenters. The summed E-state index contributed by atoms with van der Waals surface area (Å²) in [7, 11) is 1.53. The molecule has 1 aromatic carbocycles. The van der Waals surface area contributed by atoms with Gasteiger partial charge in [0.25, 0.3) is 5.92 Å². The Labute approximate surface area is 204 Å². The first-order valence-electron chi connectivity index (χ1n) is 11.4. The number of carbonyl (C=O) groups is 1. The SMILES string of the molecule is CCCC(NC=O)C(C)(F)F.CCN.CCc1oc(-c2ccc(OC)c3nc(F)ccc23)nc1C. The Morgan fingerprint density at radius 2 is 1.86 bits per heavy atom. The number of carbonyl (C=O) groups excluding carboxylic acids is 1. The average molecular weight is 497 g/mol. The number of rotatable bonds is 8. The van der Waals surface area contributed by atoms with E-state index in [4.69, 9.17) is 14.9 Å². The number of amides is 1. The van der Waals surface area contributed by atoms with Gasteiger partial charge in [0.1, 0.15) is 17.0 Å². The lowest BCUT2D eigenvalue weighted by Crippen LogP contribution is -2.42. The highest BCUT2D eigenvalue weighted by molar-refractivity contribution is 5.96. The van der Waals surface area contributed by atoms with Crippen molar-refractivity contribution in [3.05, 3.63) is 41.7 Å². The van der Waals surface area contributed by atoms with Gasteiger partial charge in [0.15, 0.2) is 0 Å². The van der Waals surface area contributed by atoms with Crippen LogP contribution in [0.4, 0.5) is 13.2 Å². The molecule has 35 heavy (non-hydrogen) atoms. The van der Waals surface area contributed by atoms with Crippen molar-refractivity contribution in [1.82, 2.24) is 15.3 Å². The van der Waals surface area contributed by atoms with E-state index in [9.17, 15) is 18.0 Å². The number of aryl methyl sites for hydroxylation is 2. The smallest absolute Gasteiger partial charge is 0.265 e. The monoisotopic (exact) mass is 496 g/mol. The van der Waals surface area contributed by atoms with E-state index in [1.165, 1.54) is 13.2 Å². The second kappa shape index (κ2) is 14.3. The van der Waals surface area contributed by atoms with Crippen LogP contribution in [0.1, 0.15) is 52.0 Å². The number of nitrogens with two attached hydrogens (primary N) is 1. The van der Waals surface area contributed by atoms with E-state index in [1.807, 2.05) is 26.8 Å². The number of nitrogens with zero attached hydrogens (tertiary/aromatic N) is 2. The molecule has 0 saturated heterocycles. The number of methoxy groups -OCH3 is 1. The van der Waals surface area contributed by atoms with Crippen LogP contribution in [-0.2, 0) is 11.2 Å². The highest BCUT2D eigenvalue weighted by atomic mass is 19.3. The molecule has 0 aliphatic heterocycles. The highest BCUT2D eigenvalue weighted by Gasteiger charge is 2.32. The fourth-order valence-electron chi connectivity index (χ4n) is 3.24. The van der Waals surface area contributed by atoms with Gasteiger partial charge in [-0.25, -0.2) is 18.7 Å². The fourth-order valence-corrected chi connectivity index (χ4v) is 3.24. The molecule has 0 fully saturated rings. The van der Waals surface area contributed by atoms with E-state index in [2.05, 4.69) is 15.3 Å². The van der Waals surface area contributed by atoms with Gasteiger partial charge < -0.3 is 20.2 Å². The standard InChI is InChI=1S/C16H15FN2O2.C7H13F2NO.C2H7N/c1-4-12-9(2)18-16(21-12)11-5-7-13(20-3)15-10(11)6-8-14(17)19-15;1-3-4-6(10-5-11)7(2,8)9;1-2-3/h5-8H,4H2,1-3H3;5-6H,3-4H2,1-2H3,(H,10,11);2-3H2,1H3. The van der Waals surface area contributed by atoms with Gasteiger partial charge in [-0.15, -0.1) is 0 Å². The third kappa shape index (κ3) is 8.54. The molecule has 3 rings (SSSR count).